The highest BCUT2D eigenvalue weighted by atomic mass is 32.2. The van der Waals surface area contributed by atoms with Gasteiger partial charge < -0.3 is 5.32 Å². The standard InChI is InChI=1S/C28H37N5O6S2/c1-18-16-22(41(37,38)21-10-14-32(15-11-21)19(2)39-40(3,35)36)8-9-24(18)30-27-29-17-23-25(31-27)33(20-6-4-5-7-20)26(34)28(23)12-13-28/h8-9,16-17,19-21H,4-7,10-15H2,1-3H3,(H,29,30,31). The second kappa shape index (κ2) is 10.3. The summed E-state index contributed by atoms with van der Waals surface area (Å²) in [4.78, 5) is 26.7. The quantitative estimate of drug-likeness (QED) is 0.447. The molecule has 2 aliphatic carbocycles. The molecule has 6 rings (SSSR count). The molecule has 11 nitrogen and oxygen atoms in total. The van der Waals surface area contributed by atoms with Gasteiger partial charge in [-0.25, -0.2) is 13.4 Å². The highest BCUT2D eigenvalue weighted by Crippen LogP contribution is 2.57. The molecule has 1 atom stereocenters. The smallest absolute Gasteiger partial charge is 0.265 e. The molecule has 2 saturated carbocycles. The van der Waals surface area contributed by atoms with E-state index < -0.39 is 36.8 Å². The Bertz CT molecular complexity index is 1580. The van der Waals surface area contributed by atoms with Gasteiger partial charge in [0.05, 0.1) is 21.8 Å². The fourth-order valence-corrected chi connectivity index (χ4v) is 9.08. The lowest BCUT2D eigenvalue weighted by atomic mass is 10.0. The molecule has 3 fully saturated rings. The fraction of sp³-hybridized carbons (Fsp3) is 0.607. The maximum atomic E-state index is 13.5. The summed E-state index contributed by atoms with van der Waals surface area (Å²) in [5.41, 5.74) is 1.94. The van der Waals surface area contributed by atoms with Gasteiger partial charge in [0.15, 0.2) is 9.84 Å². The van der Waals surface area contributed by atoms with E-state index in [0.717, 1.165) is 61.7 Å². The highest BCUT2D eigenvalue weighted by Gasteiger charge is 2.61. The molecule has 0 bridgehead atoms. The molecular weight excluding hydrogens is 566 g/mol. The molecule has 2 aromatic rings. The molecule has 13 heteroatoms. The third-order valence-electron chi connectivity index (χ3n) is 9.10. The minimum atomic E-state index is -3.60. The van der Waals surface area contributed by atoms with Gasteiger partial charge in [0.25, 0.3) is 10.1 Å². The van der Waals surface area contributed by atoms with E-state index in [1.54, 1.807) is 31.3 Å². The van der Waals surface area contributed by atoms with Crippen molar-refractivity contribution in [2.75, 3.05) is 29.6 Å². The normalized spacial score (nSPS) is 22.3. The maximum Gasteiger partial charge on any atom is 0.265 e. The number of carbonyl (C=O) groups is 1. The second-order valence-corrected chi connectivity index (χ2v) is 15.7. The van der Waals surface area contributed by atoms with Gasteiger partial charge in [0.2, 0.25) is 11.9 Å². The van der Waals surface area contributed by atoms with E-state index in [4.69, 9.17) is 9.17 Å². The lowest BCUT2D eigenvalue weighted by Gasteiger charge is -2.34. The number of amides is 1. The first-order valence-electron chi connectivity index (χ1n) is 14.3. The molecule has 1 aromatic heterocycles. The predicted molar refractivity (Wildman–Crippen MR) is 154 cm³/mol. The zero-order valence-corrected chi connectivity index (χ0v) is 25.3. The number of piperidine rings is 1. The largest absolute Gasteiger partial charge is 0.324 e. The zero-order chi connectivity index (χ0) is 29.2. The van der Waals surface area contributed by atoms with Crippen LogP contribution in [0.3, 0.4) is 0 Å². The Hall–Kier alpha value is -2.61. The van der Waals surface area contributed by atoms with E-state index in [1.165, 1.54) is 0 Å². The van der Waals surface area contributed by atoms with Crippen LogP contribution in [0.1, 0.15) is 69.4 Å². The van der Waals surface area contributed by atoms with E-state index in [9.17, 15) is 21.6 Å². The van der Waals surface area contributed by atoms with Crippen molar-refractivity contribution in [3.05, 3.63) is 35.5 Å². The number of aromatic nitrogens is 2. The van der Waals surface area contributed by atoms with Crippen molar-refractivity contribution in [1.29, 1.82) is 0 Å². The summed E-state index contributed by atoms with van der Waals surface area (Å²) in [5, 5.41) is 2.69. The Labute approximate surface area is 241 Å². The number of aryl methyl sites for hydroxylation is 1. The number of nitrogens with zero attached hydrogens (tertiary/aromatic N) is 4. The third-order valence-corrected chi connectivity index (χ3v) is 12.0. The van der Waals surface area contributed by atoms with Crippen molar-refractivity contribution in [2.45, 2.75) is 93.0 Å². The summed E-state index contributed by atoms with van der Waals surface area (Å²) in [6.07, 6.45) is 8.86. The number of anilines is 3. The van der Waals surface area contributed by atoms with Crippen LogP contribution in [0.4, 0.5) is 17.5 Å². The van der Waals surface area contributed by atoms with Crippen LogP contribution in [0.2, 0.25) is 0 Å². The lowest BCUT2D eigenvalue weighted by Crippen LogP contribution is -2.45. The lowest BCUT2D eigenvalue weighted by molar-refractivity contribution is -0.120. The molecule has 0 radical (unpaired) electrons. The average molecular weight is 604 g/mol. The molecular formula is C28H37N5O6S2. The Morgan fingerprint density at radius 3 is 2.37 bits per heavy atom. The summed E-state index contributed by atoms with van der Waals surface area (Å²) in [6, 6.07) is 5.20. The number of sulfone groups is 1. The van der Waals surface area contributed by atoms with Crippen LogP contribution in [0.15, 0.2) is 29.3 Å². The van der Waals surface area contributed by atoms with Gasteiger partial charge in [-0.05, 0) is 76.1 Å². The fourth-order valence-electron chi connectivity index (χ4n) is 6.64. The Kier molecular flexibility index (Phi) is 7.15. The molecule has 1 unspecified atom stereocenters. The van der Waals surface area contributed by atoms with Gasteiger partial charge in [-0.3, -0.25) is 18.8 Å². The number of hydrogen-bond acceptors (Lipinski definition) is 10. The molecule has 3 heterocycles. The monoisotopic (exact) mass is 603 g/mol. The van der Waals surface area contributed by atoms with Crippen molar-refractivity contribution < 1.29 is 25.8 Å². The van der Waals surface area contributed by atoms with Crippen molar-refractivity contribution in [2.24, 2.45) is 0 Å². The van der Waals surface area contributed by atoms with Crippen molar-refractivity contribution in [1.82, 2.24) is 14.9 Å². The summed E-state index contributed by atoms with van der Waals surface area (Å²) in [7, 11) is -7.18. The van der Waals surface area contributed by atoms with Crippen LogP contribution in [0.5, 0.6) is 0 Å². The summed E-state index contributed by atoms with van der Waals surface area (Å²) in [5.74, 6) is 1.27. The Balaban J connectivity index is 1.16. The van der Waals surface area contributed by atoms with E-state index in [0.29, 0.717) is 37.6 Å². The number of hydrogen-bond donors (Lipinski definition) is 1. The molecule has 41 heavy (non-hydrogen) atoms. The number of nitrogens with one attached hydrogen (secondary N) is 1. The van der Waals surface area contributed by atoms with Crippen molar-refractivity contribution in [3.63, 3.8) is 0 Å². The van der Waals surface area contributed by atoms with Crippen molar-refractivity contribution in [3.8, 4) is 0 Å². The molecule has 1 N–H and O–H groups in total. The molecule has 1 aromatic carbocycles. The van der Waals surface area contributed by atoms with E-state index in [1.807, 2.05) is 16.7 Å². The zero-order valence-electron chi connectivity index (χ0n) is 23.7. The molecule has 1 amide bonds. The molecule has 4 aliphatic rings. The number of benzene rings is 1. The van der Waals surface area contributed by atoms with E-state index in [-0.39, 0.29) is 16.8 Å². The minimum Gasteiger partial charge on any atom is -0.324 e. The SMILES string of the molecule is Cc1cc(S(=O)(=O)C2CCN(C(C)OS(C)(=O)=O)CC2)ccc1Nc1ncc2c(n1)N(C1CCCC1)C(=O)C21CC1. The first-order valence-corrected chi connectivity index (χ1v) is 17.7. The van der Waals surface area contributed by atoms with Gasteiger partial charge in [0, 0.05) is 36.6 Å². The van der Waals surface area contributed by atoms with E-state index in [2.05, 4.69) is 10.3 Å². The van der Waals surface area contributed by atoms with Gasteiger partial charge in [-0.15, -0.1) is 0 Å². The Morgan fingerprint density at radius 2 is 1.76 bits per heavy atom. The number of likely N-dealkylation sites (tertiary alicyclic amines) is 1. The number of rotatable bonds is 8. The topological polar surface area (TPSA) is 139 Å². The predicted octanol–water partition coefficient (Wildman–Crippen LogP) is 3.41. The average Bonchev–Trinajstić information content (AvgIpc) is 3.48. The second-order valence-electron chi connectivity index (χ2n) is 11.9. The van der Waals surface area contributed by atoms with Gasteiger partial charge >= 0.3 is 0 Å². The first kappa shape index (κ1) is 28.5. The van der Waals surface area contributed by atoms with Crippen molar-refractivity contribution >= 4 is 43.3 Å². The van der Waals surface area contributed by atoms with Gasteiger partial charge in [-0.2, -0.15) is 13.4 Å². The number of fused-ring (bicyclic) bond motifs is 2. The maximum absolute atomic E-state index is 13.5. The van der Waals surface area contributed by atoms with Crippen LogP contribution in [0, 0.1) is 6.92 Å². The van der Waals surface area contributed by atoms with Crippen LogP contribution in [-0.2, 0) is 34.3 Å². The molecule has 222 valence electrons. The summed E-state index contributed by atoms with van der Waals surface area (Å²) >= 11 is 0. The highest BCUT2D eigenvalue weighted by molar-refractivity contribution is 7.92. The van der Waals surface area contributed by atoms with Gasteiger partial charge in [0.1, 0.15) is 12.0 Å². The van der Waals surface area contributed by atoms with E-state index >= 15 is 0 Å². The Morgan fingerprint density at radius 1 is 1.07 bits per heavy atom. The van der Waals surface area contributed by atoms with Crippen LogP contribution in [-0.4, -0.2) is 74.5 Å². The number of carbonyl (C=O) groups excluding carboxylic acids is 1. The van der Waals surface area contributed by atoms with Crippen LogP contribution >= 0.6 is 0 Å². The van der Waals surface area contributed by atoms with Crippen LogP contribution in [0.25, 0.3) is 0 Å². The first-order chi connectivity index (χ1) is 19.4. The minimum absolute atomic E-state index is 0.166. The van der Waals surface area contributed by atoms with Gasteiger partial charge in [-0.1, -0.05) is 12.8 Å². The molecule has 1 spiro atoms. The molecule has 1 saturated heterocycles. The summed E-state index contributed by atoms with van der Waals surface area (Å²) < 4.78 is 54.9. The third kappa shape index (κ3) is 5.26. The summed E-state index contributed by atoms with van der Waals surface area (Å²) in [6.45, 7) is 4.35. The molecule has 2 aliphatic heterocycles. The van der Waals surface area contributed by atoms with Crippen LogP contribution < -0.4 is 10.2 Å².